The summed E-state index contributed by atoms with van der Waals surface area (Å²) in [6.07, 6.45) is 2.10. The van der Waals surface area contributed by atoms with Crippen molar-refractivity contribution in [1.82, 2.24) is 10.3 Å². The summed E-state index contributed by atoms with van der Waals surface area (Å²) in [5, 5.41) is 4.64. The predicted molar refractivity (Wildman–Crippen MR) is 79.1 cm³/mol. The molecule has 0 saturated carbocycles. The maximum atomic E-state index is 13.2. The maximum absolute atomic E-state index is 13.2. The fourth-order valence-corrected chi connectivity index (χ4v) is 2.41. The molecule has 0 amide bonds. The molecule has 2 nitrogen and oxygen atoms in total. The van der Waals surface area contributed by atoms with Gasteiger partial charge in [-0.25, -0.2) is 4.39 Å². The van der Waals surface area contributed by atoms with Crippen molar-refractivity contribution in [3.63, 3.8) is 0 Å². The van der Waals surface area contributed by atoms with Crippen molar-refractivity contribution < 1.29 is 4.39 Å². The molecule has 19 heavy (non-hydrogen) atoms. The number of rotatable bonds is 4. The summed E-state index contributed by atoms with van der Waals surface area (Å²) in [5.74, 6) is -0.185. The fraction of sp³-hybridized carbons (Fsp3) is 0.500. The van der Waals surface area contributed by atoms with Gasteiger partial charge in [0.1, 0.15) is 5.82 Å². The van der Waals surface area contributed by atoms with Crippen molar-refractivity contribution in [3.8, 4) is 0 Å². The minimum Gasteiger partial charge on any atom is -0.358 e. The van der Waals surface area contributed by atoms with Gasteiger partial charge < -0.3 is 10.3 Å². The second kappa shape index (κ2) is 5.33. The molecule has 2 rings (SSSR count). The van der Waals surface area contributed by atoms with Crippen LogP contribution in [0.4, 0.5) is 4.39 Å². The van der Waals surface area contributed by atoms with E-state index in [1.165, 1.54) is 11.6 Å². The molecular formula is C16H23FN2. The third-order valence-corrected chi connectivity index (χ3v) is 3.34. The molecule has 0 unspecified atom stereocenters. The Hall–Kier alpha value is -1.35. The van der Waals surface area contributed by atoms with E-state index in [2.05, 4.69) is 38.0 Å². The van der Waals surface area contributed by atoms with Gasteiger partial charge in [0.15, 0.2) is 0 Å². The minimum atomic E-state index is -0.185. The van der Waals surface area contributed by atoms with Crippen LogP contribution >= 0.6 is 0 Å². The second-order valence-electron chi connectivity index (χ2n) is 6.20. The number of hydrogen-bond donors (Lipinski definition) is 2. The Bertz CT molecular complexity index is 564. The SMILES string of the molecule is Cc1[nH]c2cc(F)ccc2c1CCCNC(C)(C)C. The molecule has 3 heteroatoms. The highest BCUT2D eigenvalue weighted by atomic mass is 19.1. The lowest BCUT2D eigenvalue weighted by atomic mass is 10.0. The Labute approximate surface area is 114 Å². The van der Waals surface area contributed by atoms with Gasteiger partial charge in [-0.1, -0.05) is 0 Å². The molecule has 1 aromatic heterocycles. The maximum Gasteiger partial charge on any atom is 0.125 e. The first kappa shape index (κ1) is 14.1. The van der Waals surface area contributed by atoms with E-state index in [9.17, 15) is 4.39 Å². The molecule has 0 aliphatic rings. The van der Waals surface area contributed by atoms with Crippen molar-refractivity contribution in [2.45, 2.75) is 46.1 Å². The molecule has 0 atom stereocenters. The first-order valence-electron chi connectivity index (χ1n) is 6.88. The summed E-state index contributed by atoms with van der Waals surface area (Å²) < 4.78 is 13.2. The van der Waals surface area contributed by atoms with E-state index in [1.807, 2.05) is 6.07 Å². The van der Waals surface area contributed by atoms with Gasteiger partial charge in [0, 0.05) is 22.1 Å². The van der Waals surface area contributed by atoms with Crippen LogP contribution in [-0.2, 0) is 6.42 Å². The van der Waals surface area contributed by atoms with Crippen LogP contribution in [0, 0.1) is 12.7 Å². The summed E-state index contributed by atoms with van der Waals surface area (Å²) >= 11 is 0. The number of aromatic amines is 1. The van der Waals surface area contributed by atoms with Crippen LogP contribution in [0.3, 0.4) is 0 Å². The topological polar surface area (TPSA) is 27.8 Å². The van der Waals surface area contributed by atoms with Gasteiger partial charge in [0.05, 0.1) is 0 Å². The average Bonchev–Trinajstić information content (AvgIpc) is 2.58. The van der Waals surface area contributed by atoms with E-state index in [1.54, 1.807) is 6.07 Å². The lowest BCUT2D eigenvalue weighted by Crippen LogP contribution is -2.36. The van der Waals surface area contributed by atoms with Crippen molar-refractivity contribution in [1.29, 1.82) is 0 Å². The second-order valence-corrected chi connectivity index (χ2v) is 6.20. The van der Waals surface area contributed by atoms with Gasteiger partial charge >= 0.3 is 0 Å². The van der Waals surface area contributed by atoms with Crippen molar-refractivity contribution in [2.75, 3.05) is 6.54 Å². The van der Waals surface area contributed by atoms with E-state index < -0.39 is 0 Å². The van der Waals surface area contributed by atoms with Crippen LogP contribution in [0.5, 0.6) is 0 Å². The molecular weight excluding hydrogens is 239 g/mol. The first-order valence-corrected chi connectivity index (χ1v) is 6.88. The third-order valence-electron chi connectivity index (χ3n) is 3.34. The quantitative estimate of drug-likeness (QED) is 0.803. The first-order chi connectivity index (χ1) is 8.87. The monoisotopic (exact) mass is 262 g/mol. The fourth-order valence-electron chi connectivity index (χ4n) is 2.41. The Morgan fingerprint density at radius 1 is 1.26 bits per heavy atom. The highest BCUT2D eigenvalue weighted by molar-refractivity contribution is 5.84. The number of hydrogen-bond acceptors (Lipinski definition) is 1. The zero-order chi connectivity index (χ0) is 14.0. The predicted octanol–water partition coefficient (Wildman–Crippen LogP) is 3.94. The van der Waals surface area contributed by atoms with E-state index in [-0.39, 0.29) is 11.4 Å². The number of H-pyrrole nitrogens is 1. The Kier molecular flexibility index (Phi) is 3.95. The van der Waals surface area contributed by atoms with Crippen LogP contribution < -0.4 is 5.32 Å². The number of aryl methyl sites for hydroxylation is 2. The summed E-state index contributed by atoms with van der Waals surface area (Å²) in [4.78, 5) is 3.26. The van der Waals surface area contributed by atoms with Gasteiger partial charge in [0.2, 0.25) is 0 Å². The smallest absolute Gasteiger partial charge is 0.125 e. The van der Waals surface area contributed by atoms with Gasteiger partial charge in [-0.05, 0) is 70.8 Å². The number of fused-ring (bicyclic) bond motifs is 1. The minimum absolute atomic E-state index is 0.165. The molecule has 0 bridgehead atoms. The van der Waals surface area contributed by atoms with Gasteiger partial charge in [-0.2, -0.15) is 0 Å². The van der Waals surface area contributed by atoms with E-state index >= 15 is 0 Å². The summed E-state index contributed by atoms with van der Waals surface area (Å²) in [6, 6.07) is 4.98. The molecule has 0 aliphatic carbocycles. The van der Waals surface area contributed by atoms with Crippen LogP contribution in [-0.4, -0.2) is 17.1 Å². The highest BCUT2D eigenvalue weighted by Crippen LogP contribution is 2.24. The van der Waals surface area contributed by atoms with E-state index in [0.717, 1.165) is 36.0 Å². The van der Waals surface area contributed by atoms with Crippen LogP contribution in [0.1, 0.15) is 38.4 Å². The molecule has 0 fully saturated rings. The van der Waals surface area contributed by atoms with Crippen LogP contribution in [0.15, 0.2) is 18.2 Å². The summed E-state index contributed by atoms with van der Waals surface area (Å²) in [5.41, 5.74) is 3.52. The normalized spacial score (nSPS) is 12.3. The van der Waals surface area contributed by atoms with Crippen LogP contribution in [0.2, 0.25) is 0 Å². The highest BCUT2D eigenvalue weighted by Gasteiger charge is 2.10. The van der Waals surface area contributed by atoms with Crippen molar-refractivity contribution >= 4 is 10.9 Å². The molecule has 0 radical (unpaired) electrons. The molecule has 104 valence electrons. The number of aromatic nitrogens is 1. The molecule has 1 heterocycles. The van der Waals surface area contributed by atoms with Crippen molar-refractivity contribution in [2.24, 2.45) is 0 Å². The van der Waals surface area contributed by atoms with Crippen LogP contribution in [0.25, 0.3) is 10.9 Å². The zero-order valence-corrected chi connectivity index (χ0v) is 12.2. The Morgan fingerprint density at radius 2 is 2.00 bits per heavy atom. The lowest BCUT2D eigenvalue weighted by Gasteiger charge is -2.20. The number of nitrogens with one attached hydrogen (secondary N) is 2. The van der Waals surface area contributed by atoms with E-state index in [4.69, 9.17) is 0 Å². The molecule has 2 aromatic rings. The Morgan fingerprint density at radius 3 is 2.68 bits per heavy atom. The number of benzene rings is 1. The van der Waals surface area contributed by atoms with Gasteiger partial charge in [-0.15, -0.1) is 0 Å². The summed E-state index contributed by atoms with van der Waals surface area (Å²) in [6.45, 7) is 9.58. The summed E-state index contributed by atoms with van der Waals surface area (Å²) in [7, 11) is 0. The van der Waals surface area contributed by atoms with Crippen molar-refractivity contribution in [3.05, 3.63) is 35.3 Å². The average molecular weight is 262 g/mol. The number of halogens is 1. The Balaban J connectivity index is 2.06. The molecule has 2 N–H and O–H groups in total. The zero-order valence-electron chi connectivity index (χ0n) is 12.2. The lowest BCUT2D eigenvalue weighted by molar-refractivity contribution is 0.422. The van der Waals surface area contributed by atoms with Gasteiger partial charge in [-0.3, -0.25) is 0 Å². The molecule has 0 spiro atoms. The largest absolute Gasteiger partial charge is 0.358 e. The van der Waals surface area contributed by atoms with E-state index in [0.29, 0.717) is 0 Å². The third kappa shape index (κ3) is 3.57. The molecule has 1 aromatic carbocycles. The molecule has 0 saturated heterocycles. The standard InChI is InChI=1S/C16H23FN2/c1-11-13(6-5-9-18-16(2,3)4)14-8-7-12(17)10-15(14)19-11/h7-8,10,18-19H,5-6,9H2,1-4H3. The van der Waals surface area contributed by atoms with Gasteiger partial charge in [0.25, 0.3) is 0 Å². The molecule has 0 aliphatic heterocycles.